The molecule has 1 amide bonds. The molecule has 0 spiro atoms. The van der Waals surface area contributed by atoms with E-state index in [-0.39, 0.29) is 29.2 Å². The predicted molar refractivity (Wildman–Crippen MR) is 162 cm³/mol. The van der Waals surface area contributed by atoms with Crippen LogP contribution in [0.4, 0.5) is 10.1 Å². The lowest BCUT2D eigenvalue weighted by Crippen LogP contribution is -2.58. The fraction of sp³-hybridized carbons (Fsp3) is 0.387. The lowest BCUT2D eigenvalue weighted by atomic mass is 9.82. The number of nitrogens with two attached hydrogens (primary N) is 1. The number of anilines is 1. The number of nitrogens with zero attached hydrogens (tertiary/aromatic N) is 1. The third-order valence-corrected chi connectivity index (χ3v) is 9.99. The number of rotatable bonds is 10. The summed E-state index contributed by atoms with van der Waals surface area (Å²) in [7, 11) is -3.76. The molecule has 1 unspecified atom stereocenters. The third-order valence-electron chi connectivity index (χ3n) is 7.68. The van der Waals surface area contributed by atoms with Crippen LogP contribution in [0.15, 0.2) is 77.7 Å². The van der Waals surface area contributed by atoms with Gasteiger partial charge in [-0.25, -0.2) is 12.8 Å². The van der Waals surface area contributed by atoms with E-state index >= 15 is 4.39 Å². The van der Waals surface area contributed by atoms with Gasteiger partial charge in [0.2, 0.25) is 15.9 Å². The molecule has 1 aliphatic rings. The molecular weight excluding hydrogens is 563 g/mol. The monoisotopic (exact) mass is 600 g/mol. The zero-order chi connectivity index (χ0) is 29.7. The van der Waals surface area contributed by atoms with Gasteiger partial charge in [-0.1, -0.05) is 61.8 Å². The lowest BCUT2D eigenvalue weighted by Gasteiger charge is -2.40. The van der Waals surface area contributed by atoms with Gasteiger partial charge in [-0.15, -0.1) is 0 Å². The number of hydrogen-bond donors (Lipinski definition) is 3. The van der Waals surface area contributed by atoms with Crippen molar-refractivity contribution < 1.29 is 17.6 Å². The molecule has 7 nitrogen and oxygen atoms in total. The Kier molecular flexibility index (Phi) is 10.2. The summed E-state index contributed by atoms with van der Waals surface area (Å²) in [5.74, 6) is -1.17. The minimum absolute atomic E-state index is 0.0412. The Morgan fingerprint density at radius 2 is 1.80 bits per heavy atom. The maximum absolute atomic E-state index is 15.2. The van der Waals surface area contributed by atoms with Crippen LogP contribution < -0.4 is 16.4 Å². The van der Waals surface area contributed by atoms with Crippen LogP contribution in [0.1, 0.15) is 44.2 Å². The van der Waals surface area contributed by atoms with Gasteiger partial charge in [-0.05, 0) is 67.6 Å². The predicted octanol–water partition coefficient (Wildman–Crippen LogP) is 5.17. The SMILES string of the molecule is CC(C)C(c1cccc(Cl)c1)[C@H](N)C(=O)Nc1cccc(F)c1CC[C@H]1CNC[C@H](C)N1S(=O)(=O)c1ccccc1. The molecule has 0 saturated carbocycles. The van der Waals surface area contributed by atoms with E-state index in [1.54, 1.807) is 48.5 Å². The standard InChI is InChI=1S/C31H38ClFN4O3S/c1-20(2)29(22-9-7-10-23(32)17-22)30(34)31(38)36-28-14-8-13-27(33)26(28)16-15-24-19-35-18-21(3)37(24)41(39,40)25-11-5-4-6-12-25/h4-14,17,20-21,24,29-30,35H,15-16,18-19,34H2,1-3H3,(H,36,38)/t21-,24-,29?,30-/m0/s1. The number of carbonyl (C=O) groups is 1. The topological polar surface area (TPSA) is 105 Å². The van der Waals surface area contributed by atoms with Crippen molar-refractivity contribution in [1.29, 1.82) is 0 Å². The first-order chi connectivity index (χ1) is 19.5. The van der Waals surface area contributed by atoms with Crippen molar-refractivity contribution in [2.24, 2.45) is 11.7 Å². The summed E-state index contributed by atoms with van der Waals surface area (Å²) in [6, 6.07) is 18.6. The highest BCUT2D eigenvalue weighted by Gasteiger charge is 2.38. The Morgan fingerprint density at radius 3 is 2.49 bits per heavy atom. The number of sulfonamides is 1. The second-order valence-corrected chi connectivity index (χ2v) is 13.2. The van der Waals surface area contributed by atoms with Gasteiger partial charge in [0.15, 0.2) is 0 Å². The van der Waals surface area contributed by atoms with Gasteiger partial charge >= 0.3 is 0 Å². The van der Waals surface area contributed by atoms with E-state index in [1.807, 2.05) is 32.9 Å². The highest BCUT2D eigenvalue weighted by atomic mass is 35.5. The molecule has 0 bridgehead atoms. The Bertz CT molecular complexity index is 1450. The first-order valence-corrected chi connectivity index (χ1v) is 15.7. The molecular formula is C31H38ClFN4O3S. The van der Waals surface area contributed by atoms with Crippen LogP contribution in [0.5, 0.6) is 0 Å². The summed E-state index contributed by atoms with van der Waals surface area (Å²) >= 11 is 6.20. The smallest absolute Gasteiger partial charge is 0.243 e. The molecule has 0 aliphatic carbocycles. The van der Waals surface area contributed by atoms with Crippen molar-refractivity contribution in [3.8, 4) is 0 Å². The molecule has 4 atom stereocenters. The van der Waals surface area contributed by atoms with Crippen LogP contribution in [0.2, 0.25) is 5.02 Å². The summed E-state index contributed by atoms with van der Waals surface area (Å²) in [6.07, 6.45) is 0.579. The van der Waals surface area contributed by atoms with E-state index in [1.165, 1.54) is 16.4 Å². The quantitative estimate of drug-likeness (QED) is 0.298. The highest BCUT2D eigenvalue weighted by Crippen LogP contribution is 2.31. The molecule has 1 saturated heterocycles. The number of carbonyl (C=O) groups excluding carboxylic acids is 1. The maximum atomic E-state index is 15.2. The van der Waals surface area contributed by atoms with Crippen molar-refractivity contribution in [2.75, 3.05) is 18.4 Å². The summed E-state index contributed by atoms with van der Waals surface area (Å²) in [5, 5.41) is 6.71. The number of benzene rings is 3. The minimum Gasteiger partial charge on any atom is -0.324 e. The normalized spacial score (nSPS) is 19.6. The van der Waals surface area contributed by atoms with Crippen LogP contribution in [0, 0.1) is 11.7 Å². The van der Waals surface area contributed by atoms with Crippen LogP contribution in [0.3, 0.4) is 0 Å². The van der Waals surface area contributed by atoms with Gasteiger partial charge in [0, 0.05) is 47.4 Å². The van der Waals surface area contributed by atoms with Gasteiger partial charge in [-0.2, -0.15) is 4.31 Å². The highest BCUT2D eigenvalue weighted by molar-refractivity contribution is 7.89. The molecule has 0 aromatic heterocycles. The molecule has 1 aliphatic heterocycles. The average molecular weight is 601 g/mol. The van der Waals surface area contributed by atoms with Crippen LogP contribution in [0.25, 0.3) is 0 Å². The van der Waals surface area contributed by atoms with Gasteiger partial charge in [0.1, 0.15) is 5.82 Å². The first kappa shape index (κ1) is 31.1. The molecule has 4 N–H and O–H groups in total. The number of amides is 1. The van der Waals surface area contributed by atoms with Crippen molar-refractivity contribution in [3.63, 3.8) is 0 Å². The molecule has 0 radical (unpaired) electrons. The van der Waals surface area contributed by atoms with E-state index in [0.29, 0.717) is 35.8 Å². The van der Waals surface area contributed by atoms with Gasteiger partial charge in [0.25, 0.3) is 0 Å². The van der Waals surface area contributed by atoms with Gasteiger partial charge in [0.05, 0.1) is 10.9 Å². The largest absolute Gasteiger partial charge is 0.324 e. The van der Waals surface area contributed by atoms with Gasteiger partial charge in [-0.3, -0.25) is 4.79 Å². The lowest BCUT2D eigenvalue weighted by molar-refractivity contribution is -0.118. The Hall–Kier alpha value is -2.82. The molecule has 1 heterocycles. The Morgan fingerprint density at radius 1 is 1.10 bits per heavy atom. The fourth-order valence-corrected chi connectivity index (χ4v) is 7.78. The molecule has 3 aromatic carbocycles. The third kappa shape index (κ3) is 7.16. The molecule has 41 heavy (non-hydrogen) atoms. The number of hydrogen-bond acceptors (Lipinski definition) is 5. The zero-order valence-corrected chi connectivity index (χ0v) is 25.1. The molecule has 10 heteroatoms. The maximum Gasteiger partial charge on any atom is 0.243 e. The van der Waals surface area contributed by atoms with Crippen molar-refractivity contribution in [2.45, 2.75) is 62.6 Å². The van der Waals surface area contributed by atoms with Crippen molar-refractivity contribution in [1.82, 2.24) is 9.62 Å². The molecule has 3 aromatic rings. The zero-order valence-electron chi connectivity index (χ0n) is 23.6. The summed E-state index contributed by atoms with van der Waals surface area (Å²) in [6.45, 7) is 6.79. The van der Waals surface area contributed by atoms with Crippen molar-refractivity contribution >= 4 is 33.2 Å². The average Bonchev–Trinajstić information content (AvgIpc) is 2.93. The Balaban J connectivity index is 1.54. The van der Waals surface area contributed by atoms with E-state index < -0.39 is 33.8 Å². The molecule has 4 rings (SSSR count). The summed E-state index contributed by atoms with van der Waals surface area (Å²) in [4.78, 5) is 13.6. The summed E-state index contributed by atoms with van der Waals surface area (Å²) < 4.78 is 43.9. The Labute approximate surface area is 247 Å². The van der Waals surface area contributed by atoms with E-state index in [4.69, 9.17) is 17.3 Å². The van der Waals surface area contributed by atoms with Crippen LogP contribution in [-0.2, 0) is 21.2 Å². The van der Waals surface area contributed by atoms with Crippen molar-refractivity contribution in [3.05, 3.63) is 94.8 Å². The number of nitrogens with one attached hydrogen (secondary N) is 2. The van der Waals surface area contributed by atoms with Gasteiger partial charge < -0.3 is 16.4 Å². The van der Waals surface area contributed by atoms with Crippen LogP contribution in [-0.4, -0.2) is 49.8 Å². The number of piperazine rings is 1. The second-order valence-electron chi connectivity index (χ2n) is 11.0. The van der Waals surface area contributed by atoms with E-state index in [9.17, 15) is 13.2 Å². The molecule has 1 fully saturated rings. The molecule has 220 valence electrons. The minimum atomic E-state index is -3.76. The van der Waals surface area contributed by atoms with E-state index in [0.717, 1.165) is 5.56 Å². The van der Waals surface area contributed by atoms with Crippen LogP contribution >= 0.6 is 11.6 Å². The second kappa shape index (κ2) is 13.4. The first-order valence-electron chi connectivity index (χ1n) is 13.9. The fourth-order valence-electron chi connectivity index (χ4n) is 5.72. The number of halogens is 2. The summed E-state index contributed by atoms with van der Waals surface area (Å²) in [5.41, 5.74) is 7.97. The van der Waals surface area contributed by atoms with E-state index in [2.05, 4.69) is 10.6 Å².